The molecular weight excluding hydrogens is 140 g/mol. The van der Waals surface area contributed by atoms with E-state index in [-0.39, 0.29) is 0 Å². The van der Waals surface area contributed by atoms with Crippen molar-refractivity contribution < 1.29 is 4.79 Å². The van der Waals surface area contributed by atoms with Gasteiger partial charge < -0.3 is 0 Å². The molecule has 0 bridgehead atoms. The van der Waals surface area contributed by atoms with Gasteiger partial charge in [0.2, 0.25) is 0 Å². The van der Waals surface area contributed by atoms with Gasteiger partial charge in [-0.2, -0.15) is 5.10 Å². The van der Waals surface area contributed by atoms with Gasteiger partial charge in [0.25, 0.3) is 0 Å². The van der Waals surface area contributed by atoms with Crippen molar-refractivity contribution in [3.8, 4) is 12.3 Å². The summed E-state index contributed by atoms with van der Waals surface area (Å²) in [5, 5.41) is 4.01. The maximum absolute atomic E-state index is 10.3. The zero-order valence-corrected chi connectivity index (χ0v) is 6.24. The highest BCUT2D eigenvalue weighted by atomic mass is 16.1. The lowest BCUT2D eigenvalue weighted by Gasteiger charge is -1.88. The van der Waals surface area contributed by atoms with Crippen molar-refractivity contribution in [2.75, 3.05) is 0 Å². The number of aryl methyl sites for hydroxylation is 1. The Morgan fingerprint density at radius 1 is 1.91 bits per heavy atom. The summed E-state index contributed by atoms with van der Waals surface area (Å²) in [4.78, 5) is 10.3. The highest BCUT2D eigenvalue weighted by Crippen LogP contribution is 2.00. The molecule has 1 aromatic heterocycles. The molecule has 0 atom stereocenters. The molecule has 0 aromatic carbocycles. The molecule has 0 spiro atoms. The van der Waals surface area contributed by atoms with Gasteiger partial charge in [0.15, 0.2) is 6.29 Å². The topological polar surface area (TPSA) is 34.9 Å². The van der Waals surface area contributed by atoms with Crippen LogP contribution in [0.25, 0.3) is 0 Å². The molecule has 1 rings (SSSR count). The van der Waals surface area contributed by atoms with Gasteiger partial charge in [-0.3, -0.25) is 9.48 Å². The third-order valence-corrected chi connectivity index (χ3v) is 1.36. The number of carbonyl (C=O) groups excluding carboxylic acids is 1. The van der Waals surface area contributed by atoms with Gasteiger partial charge in [0.1, 0.15) is 6.54 Å². The lowest BCUT2D eigenvalue weighted by molar-refractivity contribution is 0.112. The second-order valence-electron chi connectivity index (χ2n) is 2.19. The average Bonchev–Trinajstić information content (AvgIpc) is 2.32. The van der Waals surface area contributed by atoms with E-state index in [9.17, 15) is 4.79 Å². The Kier molecular flexibility index (Phi) is 2.07. The van der Waals surface area contributed by atoms with E-state index in [2.05, 4.69) is 11.0 Å². The number of carbonyl (C=O) groups is 1. The molecule has 0 fully saturated rings. The first kappa shape index (κ1) is 7.55. The van der Waals surface area contributed by atoms with Crippen LogP contribution in [0.5, 0.6) is 0 Å². The molecule has 0 saturated carbocycles. The molecule has 1 aromatic rings. The standard InChI is InChI=1S/C8H8N2O/c1-3-4-10-5-8(6-11)7(2)9-10/h1,5-6H,4H2,2H3. The Morgan fingerprint density at radius 3 is 3.09 bits per heavy atom. The van der Waals surface area contributed by atoms with Gasteiger partial charge in [-0.05, 0) is 6.92 Å². The van der Waals surface area contributed by atoms with Gasteiger partial charge in [0, 0.05) is 6.20 Å². The SMILES string of the molecule is C#CCn1cc(C=O)c(C)n1. The molecule has 3 heteroatoms. The van der Waals surface area contributed by atoms with Crippen molar-refractivity contribution in [3.05, 3.63) is 17.5 Å². The van der Waals surface area contributed by atoms with Gasteiger partial charge in [-0.25, -0.2) is 0 Å². The number of aromatic nitrogens is 2. The van der Waals surface area contributed by atoms with Gasteiger partial charge in [-0.1, -0.05) is 5.92 Å². The monoisotopic (exact) mass is 148 g/mol. The van der Waals surface area contributed by atoms with E-state index in [1.165, 1.54) is 0 Å². The van der Waals surface area contributed by atoms with Crippen LogP contribution in [0.1, 0.15) is 16.1 Å². The van der Waals surface area contributed by atoms with Crippen LogP contribution in [0.3, 0.4) is 0 Å². The largest absolute Gasteiger partial charge is 0.298 e. The maximum atomic E-state index is 10.3. The fourth-order valence-corrected chi connectivity index (χ4v) is 0.823. The first-order chi connectivity index (χ1) is 5.27. The van der Waals surface area contributed by atoms with Crippen LogP contribution >= 0.6 is 0 Å². The van der Waals surface area contributed by atoms with Crippen LogP contribution in [0.15, 0.2) is 6.20 Å². The van der Waals surface area contributed by atoms with Crippen molar-refractivity contribution in [2.24, 2.45) is 0 Å². The van der Waals surface area contributed by atoms with Crippen LogP contribution in [0, 0.1) is 19.3 Å². The lowest BCUT2D eigenvalue weighted by Crippen LogP contribution is -1.95. The van der Waals surface area contributed by atoms with E-state index in [0.29, 0.717) is 12.1 Å². The van der Waals surface area contributed by atoms with E-state index < -0.39 is 0 Å². The smallest absolute Gasteiger partial charge is 0.153 e. The Balaban J connectivity index is 2.97. The van der Waals surface area contributed by atoms with Crippen LogP contribution in [-0.4, -0.2) is 16.1 Å². The fraction of sp³-hybridized carbons (Fsp3) is 0.250. The fourth-order valence-electron chi connectivity index (χ4n) is 0.823. The van der Waals surface area contributed by atoms with Crippen LogP contribution in [0.2, 0.25) is 0 Å². The molecule has 0 unspecified atom stereocenters. The third kappa shape index (κ3) is 1.47. The number of hydrogen-bond acceptors (Lipinski definition) is 2. The molecule has 0 saturated heterocycles. The summed E-state index contributed by atoms with van der Waals surface area (Å²) in [5.74, 6) is 2.43. The van der Waals surface area contributed by atoms with Crippen molar-refractivity contribution in [1.82, 2.24) is 9.78 Å². The molecule has 0 radical (unpaired) electrons. The van der Waals surface area contributed by atoms with Crippen LogP contribution in [-0.2, 0) is 6.54 Å². The van der Waals surface area contributed by atoms with Crippen molar-refractivity contribution in [2.45, 2.75) is 13.5 Å². The first-order valence-corrected chi connectivity index (χ1v) is 3.20. The quantitative estimate of drug-likeness (QED) is 0.455. The number of aldehydes is 1. The highest BCUT2D eigenvalue weighted by Gasteiger charge is 2.00. The minimum Gasteiger partial charge on any atom is -0.298 e. The zero-order valence-electron chi connectivity index (χ0n) is 6.24. The molecule has 11 heavy (non-hydrogen) atoms. The summed E-state index contributed by atoms with van der Waals surface area (Å²) in [7, 11) is 0. The molecule has 0 N–H and O–H groups in total. The van der Waals surface area contributed by atoms with Gasteiger partial charge >= 0.3 is 0 Å². The minimum atomic E-state index is 0.411. The minimum absolute atomic E-state index is 0.411. The summed E-state index contributed by atoms with van der Waals surface area (Å²) >= 11 is 0. The van der Waals surface area contributed by atoms with E-state index >= 15 is 0 Å². The maximum Gasteiger partial charge on any atom is 0.153 e. The normalized spacial score (nSPS) is 9.09. The summed E-state index contributed by atoms with van der Waals surface area (Å²) < 4.78 is 1.57. The number of rotatable bonds is 2. The highest BCUT2D eigenvalue weighted by molar-refractivity contribution is 5.75. The zero-order chi connectivity index (χ0) is 8.27. The van der Waals surface area contributed by atoms with E-state index in [4.69, 9.17) is 6.42 Å². The Bertz CT molecular complexity index is 306. The van der Waals surface area contributed by atoms with Crippen LogP contribution in [0.4, 0.5) is 0 Å². The summed E-state index contributed by atoms with van der Waals surface area (Å²) in [6.07, 6.45) is 7.48. The summed E-state index contributed by atoms with van der Waals surface area (Å²) in [6.45, 7) is 2.19. The molecule has 0 aliphatic rings. The predicted molar refractivity (Wildman–Crippen MR) is 41.2 cm³/mol. The summed E-state index contributed by atoms with van der Waals surface area (Å²) in [5.41, 5.74) is 1.32. The van der Waals surface area contributed by atoms with E-state index in [0.717, 1.165) is 12.0 Å². The Hall–Kier alpha value is -1.56. The Labute approximate surface area is 65.0 Å². The third-order valence-electron chi connectivity index (χ3n) is 1.36. The van der Waals surface area contributed by atoms with Crippen LogP contribution < -0.4 is 0 Å². The number of nitrogens with zero attached hydrogens (tertiary/aromatic N) is 2. The van der Waals surface area contributed by atoms with Gasteiger partial charge in [-0.15, -0.1) is 6.42 Å². The second-order valence-corrected chi connectivity index (χ2v) is 2.19. The number of terminal acetylenes is 1. The van der Waals surface area contributed by atoms with E-state index in [1.807, 2.05) is 0 Å². The molecule has 1 heterocycles. The average molecular weight is 148 g/mol. The molecule has 56 valence electrons. The van der Waals surface area contributed by atoms with Crippen molar-refractivity contribution >= 4 is 6.29 Å². The molecular formula is C8H8N2O. The van der Waals surface area contributed by atoms with Crippen molar-refractivity contribution in [3.63, 3.8) is 0 Å². The lowest BCUT2D eigenvalue weighted by atomic mass is 10.3. The predicted octanol–water partition coefficient (Wildman–Crippen LogP) is 0.637. The molecule has 0 aliphatic heterocycles. The Morgan fingerprint density at radius 2 is 2.64 bits per heavy atom. The first-order valence-electron chi connectivity index (χ1n) is 3.20. The molecule has 0 aliphatic carbocycles. The number of hydrogen-bond donors (Lipinski definition) is 0. The molecule has 0 amide bonds. The van der Waals surface area contributed by atoms with Gasteiger partial charge in [0.05, 0.1) is 11.3 Å². The van der Waals surface area contributed by atoms with Crippen molar-refractivity contribution in [1.29, 1.82) is 0 Å². The second kappa shape index (κ2) is 3.02. The summed E-state index contributed by atoms with van der Waals surface area (Å²) in [6, 6.07) is 0. The van der Waals surface area contributed by atoms with E-state index in [1.54, 1.807) is 17.8 Å². The molecule has 3 nitrogen and oxygen atoms in total.